The summed E-state index contributed by atoms with van der Waals surface area (Å²) in [6.07, 6.45) is 0. The molecule has 0 radical (unpaired) electrons. The van der Waals surface area contributed by atoms with Crippen LogP contribution >= 0.6 is 0 Å². The summed E-state index contributed by atoms with van der Waals surface area (Å²) in [5.74, 6) is 0.00484. The maximum atomic E-state index is 12.3. The molecule has 2 unspecified atom stereocenters. The van der Waals surface area contributed by atoms with Crippen molar-refractivity contribution in [3.63, 3.8) is 0 Å². The fraction of sp³-hybridized carbons (Fsp3) is 0.929. The third kappa shape index (κ3) is 5.23. The number of rotatable bonds is 6. The van der Waals surface area contributed by atoms with Crippen molar-refractivity contribution in [2.24, 2.45) is 0 Å². The van der Waals surface area contributed by atoms with Crippen LogP contribution in [0.15, 0.2) is 0 Å². The van der Waals surface area contributed by atoms with Gasteiger partial charge in [-0.15, -0.1) is 0 Å². The van der Waals surface area contributed by atoms with Crippen molar-refractivity contribution >= 4 is 15.8 Å². The number of sulfone groups is 1. The molecule has 0 aromatic rings. The summed E-state index contributed by atoms with van der Waals surface area (Å²) in [5.41, 5.74) is -0.834. The number of nitrogens with one attached hydrogen (secondary N) is 1. The number of carbonyl (C=O) groups excluding carboxylic acids is 1. The second kappa shape index (κ2) is 7.07. The van der Waals surface area contributed by atoms with E-state index in [2.05, 4.69) is 5.32 Å². The van der Waals surface area contributed by atoms with E-state index in [-0.39, 0.29) is 29.6 Å². The van der Waals surface area contributed by atoms with E-state index in [0.717, 1.165) is 0 Å². The van der Waals surface area contributed by atoms with Gasteiger partial charge in [-0.3, -0.25) is 15.0 Å². The molecule has 21 heavy (non-hydrogen) atoms. The Kier molecular flexibility index (Phi) is 6.19. The normalized spacial score (nSPS) is 25.5. The van der Waals surface area contributed by atoms with Crippen molar-refractivity contribution in [1.29, 1.82) is 0 Å². The van der Waals surface area contributed by atoms with Gasteiger partial charge in [-0.1, -0.05) is 0 Å². The Morgan fingerprint density at radius 2 is 2.10 bits per heavy atom. The van der Waals surface area contributed by atoms with E-state index in [1.54, 1.807) is 6.92 Å². The maximum Gasteiger partial charge on any atom is 0.327 e. The van der Waals surface area contributed by atoms with Gasteiger partial charge in [0.25, 0.3) is 0 Å². The first kappa shape index (κ1) is 18.4. The number of hydrogen-bond donors (Lipinski definition) is 1. The number of ether oxygens (including phenoxy) is 1. The van der Waals surface area contributed by atoms with Crippen molar-refractivity contribution in [2.75, 3.05) is 31.2 Å². The van der Waals surface area contributed by atoms with Gasteiger partial charge in [0.2, 0.25) is 0 Å². The van der Waals surface area contributed by atoms with Gasteiger partial charge in [0.15, 0.2) is 9.84 Å². The van der Waals surface area contributed by atoms with Crippen molar-refractivity contribution in [2.45, 2.75) is 52.2 Å². The highest BCUT2D eigenvalue weighted by molar-refractivity contribution is 7.91. The van der Waals surface area contributed by atoms with Crippen LogP contribution in [-0.2, 0) is 19.4 Å². The van der Waals surface area contributed by atoms with Gasteiger partial charge in [0.05, 0.1) is 18.1 Å². The Morgan fingerprint density at radius 3 is 2.57 bits per heavy atom. The first-order valence-corrected chi connectivity index (χ1v) is 9.31. The van der Waals surface area contributed by atoms with Gasteiger partial charge in [-0.05, 0) is 34.6 Å². The van der Waals surface area contributed by atoms with Gasteiger partial charge >= 0.3 is 5.97 Å². The van der Waals surface area contributed by atoms with Gasteiger partial charge in [-0.2, -0.15) is 0 Å². The molecule has 6 nitrogen and oxygen atoms in total. The van der Waals surface area contributed by atoms with E-state index < -0.39 is 15.4 Å². The fourth-order valence-electron chi connectivity index (χ4n) is 2.77. The first-order chi connectivity index (χ1) is 9.59. The van der Waals surface area contributed by atoms with E-state index in [1.807, 2.05) is 32.6 Å². The van der Waals surface area contributed by atoms with E-state index in [4.69, 9.17) is 4.74 Å². The van der Waals surface area contributed by atoms with Crippen molar-refractivity contribution < 1.29 is 17.9 Å². The van der Waals surface area contributed by atoms with Crippen molar-refractivity contribution in [3.8, 4) is 0 Å². The van der Waals surface area contributed by atoms with E-state index in [0.29, 0.717) is 19.7 Å². The standard InChI is InChI=1S/C14H28N2O4S/c1-6-20-13(17)14(5,15-11(2)3)10-16-7-8-21(18,19)9-12(16)4/h11-12,15H,6-10H2,1-5H3. The molecule has 7 heteroatoms. The summed E-state index contributed by atoms with van der Waals surface area (Å²) < 4.78 is 28.5. The topological polar surface area (TPSA) is 75.7 Å². The van der Waals surface area contributed by atoms with Gasteiger partial charge in [0.1, 0.15) is 5.54 Å². The highest BCUT2D eigenvalue weighted by Gasteiger charge is 2.40. The Labute approximate surface area is 128 Å². The van der Waals surface area contributed by atoms with Crippen LogP contribution in [0, 0.1) is 0 Å². The molecule has 1 aliphatic rings. The van der Waals surface area contributed by atoms with Gasteiger partial charge in [-0.25, -0.2) is 8.42 Å². The molecule has 0 saturated carbocycles. The number of esters is 1. The molecule has 2 atom stereocenters. The van der Waals surface area contributed by atoms with E-state index in [9.17, 15) is 13.2 Å². The molecule has 1 rings (SSSR count). The molecule has 1 aliphatic heterocycles. The lowest BCUT2D eigenvalue weighted by atomic mass is 9.99. The zero-order valence-electron chi connectivity index (χ0n) is 13.7. The lowest BCUT2D eigenvalue weighted by molar-refractivity contribution is -0.152. The number of hydrogen-bond acceptors (Lipinski definition) is 6. The third-order valence-corrected chi connectivity index (χ3v) is 5.46. The van der Waals surface area contributed by atoms with Crippen molar-refractivity contribution in [3.05, 3.63) is 0 Å². The summed E-state index contributed by atoms with van der Waals surface area (Å²) in [6, 6.07) is 0.0368. The zero-order chi connectivity index (χ0) is 16.3. The molecule has 1 heterocycles. The highest BCUT2D eigenvalue weighted by atomic mass is 32.2. The van der Waals surface area contributed by atoms with Crippen LogP contribution in [0.4, 0.5) is 0 Å². The van der Waals surface area contributed by atoms with Crippen LogP contribution in [0.25, 0.3) is 0 Å². The van der Waals surface area contributed by atoms with Gasteiger partial charge in [0, 0.05) is 25.2 Å². The van der Waals surface area contributed by atoms with Gasteiger partial charge < -0.3 is 4.74 Å². The quantitative estimate of drug-likeness (QED) is 0.715. The van der Waals surface area contributed by atoms with Crippen LogP contribution in [0.2, 0.25) is 0 Å². The summed E-state index contributed by atoms with van der Waals surface area (Å²) in [5, 5.41) is 3.26. The zero-order valence-corrected chi connectivity index (χ0v) is 14.5. The summed E-state index contributed by atoms with van der Waals surface area (Å²) in [4.78, 5) is 14.3. The Morgan fingerprint density at radius 1 is 1.48 bits per heavy atom. The number of carbonyl (C=O) groups is 1. The fourth-order valence-corrected chi connectivity index (χ4v) is 4.40. The number of nitrogens with zero attached hydrogens (tertiary/aromatic N) is 1. The molecule has 0 aromatic heterocycles. The van der Waals surface area contributed by atoms with Crippen LogP contribution in [0.5, 0.6) is 0 Å². The van der Waals surface area contributed by atoms with Crippen LogP contribution in [0.3, 0.4) is 0 Å². The Hall–Kier alpha value is -0.660. The lowest BCUT2D eigenvalue weighted by Gasteiger charge is -2.40. The minimum Gasteiger partial charge on any atom is -0.465 e. The average molecular weight is 320 g/mol. The lowest BCUT2D eigenvalue weighted by Crippen LogP contribution is -2.62. The maximum absolute atomic E-state index is 12.3. The largest absolute Gasteiger partial charge is 0.465 e. The average Bonchev–Trinajstić information content (AvgIpc) is 2.31. The molecular weight excluding hydrogens is 292 g/mol. The smallest absolute Gasteiger partial charge is 0.327 e. The molecule has 1 fully saturated rings. The molecule has 0 amide bonds. The molecule has 1 saturated heterocycles. The second-order valence-corrected chi connectivity index (χ2v) is 8.51. The molecule has 124 valence electrons. The molecule has 0 spiro atoms. The predicted octanol–water partition coefficient (Wildman–Crippen LogP) is 0.425. The summed E-state index contributed by atoms with van der Waals surface area (Å²) in [7, 11) is -2.95. The molecular formula is C14H28N2O4S. The van der Waals surface area contributed by atoms with Crippen LogP contribution in [0.1, 0.15) is 34.6 Å². The Balaban J connectivity index is 2.84. The van der Waals surface area contributed by atoms with E-state index >= 15 is 0 Å². The molecule has 1 N–H and O–H groups in total. The molecule has 0 aromatic carbocycles. The third-order valence-electron chi connectivity index (χ3n) is 3.66. The molecule has 0 bridgehead atoms. The minimum atomic E-state index is -2.95. The first-order valence-electron chi connectivity index (χ1n) is 7.49. The SMILES string of the molecule is CCOC(=O)C(C)(CN1CCS(=O)(=O)CC1C)NC(C)C. The van der Waals surface area contributed by atoms with Crippen molar-refractivity contribution in [1.82, 2.24) is 10.2 Å². The Bertz CT molecular complexity index is 464. The monoisotopic (exact) mass is 320 g/mol. The highest BCUT2D eigenvalue weighted by Crippen LogP contribution is 2.17. The minimum absolute atomic E-state index is 0.0912. The molecule has 0 aliphatic carbocycles. The van der Waals surface area contributed by atoms with Crippen LogP contribution in [-0.4, -0.2) is 68.1 Å². The van der Waals surface area contributed by atoms with E-state index in [1.165, 1.54) is 0 Å². The summed E-state index contributed by atoms with van der Waals surface area (Å²) in [6.45, 7) is 10.7. The van der Waals surface area contributed by atoms with Crippen LogP contribution < -0.4 is 5.32 Å². The predicted molar refractivity (Wildman–Crippen MR) is 83.0 cm³/mol. The summed E-state index contributed by atoms with van der Waals surface area (Å²) >= 11 is 0. The second-order valence-electron chi connectivity index (χ2n) is 6.29.